The van der Waals surface area contributed by atoms with Crippen LogP contribution in [0.4, 0.5) is 4.39 Å². The zero-order chi connectivity index (χ0) is 13.1. The van der Waals surface area contributed by atoms with Gasteiger partial charge in [-0.15, -0.1) is 0 Å². The quantitative estimate of drug-likeness (QED) is 0.878. The summed E-state index contributed by atoms with van der Waals surface area (Å²) in [5, 5.41) is 0. The molecule has 0 fully saturated rings. The van der Waals surface area contributed by atoms with E-state index in [4.69, 9.17) is 22.7 Å². The number of nitrogens with zero attached hydrogens (tertiary/aromatic N) is 1. The van der Waals surface area contributed by atoms with Gasteiger partial charge >= 0.3 is 0 Å². The lowest BCUT2D eigenvalue weighted by Crippen LogP contribution is -2.11. The molecule has 0 atom stereocenters. The van der Waals surface area contributed by atoms with E-state index in [9.17, 15) is 4.39 Å². The Hall–Kier alpha value is -1.53. The molecule has 3 nitrogen and oxygen atoms in total. The van der Waals surface area contributed by atoms with E-state index in [-0.39, 0.29) is 10.7 Å². The maximum Gasteiger partial charge on any atom is 0.166 e. The first kappa shape index (κ1) is 12.9. The largest absolute Gasteiger partial charge is 0.454 e. The lowest BCUT2D eigenvalue weighted by atomic mass is 10.3. The summed E-state index contributed by atoms with van der Waals surface area (Å²) < 4.78 is 19.6. The van der Waals surface area contributed by atoms with Gasteiger partial charge in [0.2, 0.25) is 0 Å². The summed E-state index contributed by atoms with van der Waals surface area (Å²) in [6, 6.07) is 7.70. The molecule has 92 valence electrons. The molecule has 0 bridgehead atoms. The van der Waals surface area contributed by atoms with E-state index in [0.29, 0.717) is 15.9 Å². The molecule has 1 aromatic carbocycles. The van der Waals surface area contributed by atoms with Gasteiger partial charge in [-0.05, 0) is 24.3 Å². The standard InChI is InChI=1S/C12H8BrFN2OS/c13-7-1-2-11(9(14)5-7)17-8-3-4-16-10(6-8)12(15)18/h1-6H,(H2,15,18). The summed E-state index contributed by atoms with van der Waals surface area (Å²) in [4.78, 5) is 4.13. The molecule has 0 saturated heterocycles. The number of ether oxygens (including phenoxy) is 1. The van der Waals surface area contributed by atoms with Gasteiger partial charge < -0.3 is 10.5 Å². The van der Waals surface area contributed by atoms with Gasteiger partial charge in [0.15, 0.2) is 11.6 Å². The van der Waals surface area contributed by atoms with Gasteiger partial charge in [-0.2, -0.15) is 0 Å². The van der Waals surface area contributed by atoms with E-state index in [2.05, 4.69) is 20.9 Å². The molecule has 6 heteroatoms. The summed E-state index contributed by atoms with van der Waals surface area (Å²) in [6.07, 6.45) is 1.50. The third-order valence-electron chi connectivity index (χ3n) is 2.11. The molecule has 0 saturated carbocycles. The van der Waals surface area contributed by atoms with Crippen LogP contribution in [0.3, 0.4) is 0 Å². The van der Waals surface area contributed by atoms with Crippen LogP contribution in [0.2, 0.25) is 0 Å². The van der Waals surface area contributed by atoms with Crippen molar-refractivity contribution >= 4 is 33.1 Å². The normalized spacial score (nSPS) is 10.1. The van der Waals surface area contributed by atoms with Crippen molar-refractivity contribution in [2.24, 2.45) is 5.73 Å². The zero-order valence-electron chi connectivity index (χ0n) is 9.06. The Kier molecular flexibility index (Phi) is 3.88. The Labute approximate surface area is 117 Å². The zero-order valence-corrected chi connectivity index (χ0v) is 11.5. The summed E-state index contributed by atoms with van der Waals surface area (Å²) in [5.74, 6) is 0.0883. The minimum Gasteiger partial charge on any atom is -0.454 e. The molecule has 0 amide bonds. The molecule has 2 N–H and O–H groups in total. The molecule has 0 aliphatic rings. The van der Waals surface area contributed by atoms with Crippen LogP contribution in [0, 0.1) is 5.82 Å². The monoisotopic (exact) mass is 326 g/mol. The lowest BCUT2D eigenvalue weighted by Gasteiger charge is -2.07. The second kappa shape index (κ2) is 5.41. The van der Waals surface area contributed by atoms with E-state index in [1.807, 2.05) is 0 Å². The average molecular weight is 327 g/mol. The second-order valence-electron chi connectivity index (χ2n) is 3.42. The first-order valence-corrected chi connectivity index (χ1v) is 6.15. The van der Waals surface area contributed by atoms with E-state index >= 15 is 0 Å². The van der Waals surface area contributed by atoms with Crippen LogP contribution in [0.25, 0.3) is 0 Å². The predicted octanol–water partition coefficient (Wildman–Crippen LogP) is 3.41. The number of hydrogen-bond acceptors (Lipinski definition) is 3. The molecule has 0 radical (unpaired) electrons. The van der Waals surface area contributed by atoms with Crippen molar-refractivity contribution in [3.63, 3.8) is 0 Å². The van der Waals surface area contributed by atoms with Gasteiger partial charge in [0, 0.05) is 16.7 Å². The minimum absolute atomic E-state index is 0.123. The molecule has 1 heterocycles. The van der Waals surface area contributed by atoms with E-state index in [1.165, 1.54) is 18.3 Å². The Balaban J connectivity index is 2.28. The van der Waals surface area contributed by atoms with E-state index in [1.54, 1.807) is 18.2 Å². The first-order valence-electron chi connectivity index (χ1n) is 4.95. The maximum absolute atomic E-state index is 13.6. The van der Waals surface area contributed by atoms with Crippen LogP contribution >= 0.6 is 28.1 Å². The molecule has 0 aliphatic carbocycles. The Morgan fingerprint density at radius 2 is 2.11 bits per heavy atom. The topological polar surface area (TPSA) is 48.1 Å². The van der Waals surface area contributed by atoms with Crippen LogP contribution in [-0.4, -0.2) is 9.97 Å². The third-order valence-corrected chi connectivity index (χ3v) is 2.81. The SMILES string of the molecule is NC(=S)c1cc(Oc2ccc(Br)cc2F)ccn1. The number of halogens is 2. The molecule has 0 aliphatic heterocycles. The summed E-state index contributed by atoms with van der Waals surface area (Å²) in [7, 11) is 0. The second-order valence-corrected chi connectivity index (χ2v) is 4.77. The van der Waals surface area contributed by atoms with Crippen LogP contribution in [0.5, 0.6) is 11.5 Å². The number of pyridine rings is 1. The average Bonchev–Trinajstić information content (AvgIpc) is 2.33. The number of rotatable bonds is 3. The van der Waals surface area contributed by atoms with Gasteiger partial charge in [0.05, 0.1) is 0 Å². The van der Waals surface area contributed by atoms with Gasteiger partial charge in [-0.25, -0.2) is 4.39 Å². The Morgan fingerprint density at radius 1 is 1.33 bits per heavy atom. The fourth-order valence-electron chi connectivity index (χ4n) is 1.29. The molecule has 0 spiro atoms. The Bertz CT molecular complexity index is 606. The molecule has 1 aromatic heterocycles. The Morgan fingerprint density at radius 3 is 2.78 bits per heavy atom. The third kappa shape index (κ3) is 3.02. The van der Waals surface area contributed by atoms with Gasteiger partial charge in [-0.3, -0.25) is 4.98 Å². The van der Waals surface area contributed by atoms with Crippen LogP contribution < -0.4 is 10.5 Å². The van der Waals surface area contributed by atoms with Gasteiger partial charge in [-0.1, -0.05) is 28.1 Å². The highest BCUT2D eigenvalue weighted by atomic mass is 79.9. The number of aromatic nitrogens is 1. The fourth-order valence-corrected chi connectivity index (χ4v) is 1.74. The van der Waals surface area contributed by atoms with Crippen molar-refractivity contribution < 1.29 is 9.13 Å². The predicted molar refractivity (Wildman–Crippen MR) is 74.3 cm³/mol. The lowest BCUT2D eigenvalue weighted by molar-refractivity contribution is 0.441. The molecule has 2 aromatic rings. The van der Waals surface area contributed by atoms with E-state index in [0.717, 1.165) is 0 Å². The van der Waals surface area contributed by atoms with Crippen LogP contribution in [0.15, 0.2) is 41.0 Å². The number of hydrogen-bond donors (Lipinski definition) is 1. The first-order chi connectivity index (χ1) is 8.56. The van der Waals surface area contributed by atoms with Crippen molar-refractivity contribution in [1.82, 2.24) is 4.98 Å². The summed E-state index contributed by atoms with van der Waals surface area (Å²) in [6.45, 7) is 0. The van der Waals surface area contributed by atoms with Crippen molar-refractivity contribution in [2.75, 3.05) is 0 Å². The molecule has 2 rings (SSSR count). The summed E-state index contributed by atoms with van der Waals surface area (Å²) >= 11 is 7.98. The fraction of sp³-hybridized carbons (Fsp3) is 0. The summed E-state index contributed by atoms with van der Waals surface area (Å²) in [5.41, 5.74) is 5.89. The van der Waals surface area contributed by atoms with Crippen molar-refractivity contribution in [1.29, 1.82) is 0 Å². The highest BCUT2D eigenvalue weighted by Crippen LogP contribution is 2.26. The van der Waals surface area contributed by atoms with Crippen LogP contribution in [0.1, 0.15) is 5.69 Å². The van der Waals surface area contributed by atoms with Crippen molar-refractivity contribution in [3.05, 3.63) is 52.5 Å². The number of thiocarbonyl (C=S) groups is 1. The van der Waals surface area contributed by atoms with Crippen molar-refractivity contribution in [3.8, 4) is 11.5 Å². The smallest absolute Gasteiger partial charge is 0.166 e. The van der Waals surface area contributed by atoms with E-state index < -0.39 is 5.82 Å². The molecular weight excluding hydrogens is 319 g/mol. The van der Waals surface area contributed by atoms with Crippen molar-refractivity contribution in [2.45, 2.75) is 0 Å². The highest BCUT2D eigenvalue weighted by molar-refractivity contribution is 9.10. The molecule has 18 heavy (non-hydrogen) atoms. The molecule has 0 unspecified atom stereocenters. The minimum atomic E-state index is -0.460. The maximum atomic E-state index is 13.6. The van der Waals surface area contributed by atoms with Gasteiger partial charge in [0.1, 0.15) is 16.4 Å². The number of benzene rings is 1. The molecular formula is C12H8BrFN2OS. The number of nitrogens with two attached hydrogens (primary N) is 1. The highest BCUT2D eigenvalue weighted by Gasteiger charge is 2.07. The van der Waals surface area contributed by atoms with Gasteiger partial charge in [0.25, 0.3) is 0 Å². The van der Waals surface area contributed by atoms with Crippen LogP contribution in [-0.2, 0) is 0 Å².